The predicted octanol–water partition coefficient (Wildman–Crippen LogP) is 9.64. The molecule has 1 aliphatic carbocycles. The molecule has 4 heteroatoms. The van der Waals surface area contributed by atoms with Crippen molar-refractivity contribution in [3.05, 3.63) is 177 Å². The number of hydrogen-bond acceptors (Lipinski definition) is 2. The molecule has 0 aliphatic heterocycles. The van der Waals surface area contributed by atoms with Gasteiger partial charge in [0, 0.05) is 18.1 Å². The molecule has 0 spiro atoms. The Bertz CT molecular complexity index is 2240. The van der Waals surface area contributed by atoms with Gasteiger partial charge in [0.05, 0.1) is 0 Å². The maximum atomic E-state index is 7.76. The summed E-state index contributed by atoms with van der Waals surface area (Å²) in [7, 11) is -1.56. The lowest BCUT2D eigenvalue weighted by atomic mass is 9.74. The maximum absolute atomic E-state index is 7.76. The van der Waals surface area contributed by atoms with E-state index in [1.165, 1.54) is 100 Å². The molecule has 0 amide bonds. The second-order valence-electron chi connectivity index (χ2n) is 16.4. The van der Waals surface area contributed by atoms with Gasteiger partial charge in [0.2, 0.25) is 0 Å². The molecule has 0 heterocycles. The minimum Gasteiger partial charge on any atom is -0.323 e. The summed E-state index contributed by atoms with van der Waals surface area (Å²) in [5, 5.41) is 12.8. The van der Waals surface area contributed by atoms with E-state index in [-0.39, 0.29) is 11.6 Å². The number of rotatable bonds is 11. The van der Waals surface area contributed by atoms with Crippen LogP contribution in [0.25, 0.3) is 0 Å². The van der Waals surface area contributed by atoms with E-state index in [4.69, 9.17) is 5.73 Å². The molecule has 0 unspecified atom stereocenters. The van der Waals surface area contributed by atoms with Gasteiger partial charge in [-0.25, -0.2) is 0 Å². The van der Waals surface area contributed by atoms with Crippen LogP contribution in [-0.2, 0) is 13.0 Å². The topological polar surface area (TPSA) is 38.0 Å². The summed E-state index contributed by atoms with van der Waals surface area (Å²) in [5.74, 6) is 0. The first-order valence-corrected chi connectivity index (χ1v) is 23.2. The van der Waals surface area contributed by atoms with Crippen molar-refractivity contribution < 1.29 is 0 Å². The first-order valence-electron chi connectivity index (χ1n) is 20.5. The van der Waals surface area contributed by atoms with Crippen LogP contribution in [-0.4, -0.2) is 11.6 Å². The van der Waals surface area contributed by atoms with Crippen LogP contribution in [0.4, 0.5) is 0 Å². The third kappa shape index (κ3) is 8.10. The van der Waals surface area contributed by atoms with E-state index in [1.54, 1.807) is 0 Å². The molecule has 0 bridgehead atoms. The van der Waals surface area contributed by atoms with Gasteiger partial charge in [-0.3, -0.25) is 0 Å². The van der Waals surface area contributed by atoms with Gasteiger partial charge >= 0.3 is 0 Å². The highest BCUT2D eigenvalue weighted by molar-refractivity contribution is 7.80. The van der Waals surface area contributed by atoms with Gasteiger partial charge in [0.25, 0.3) is 0 Å². The Morgan fingerprint density at radius 1 is 0.482 bits per heavy atom. The first-order chi connectivity index (χ1) is 27.0. The number of hydrogen-bond donors (Lipinski definition) is 2. The second kappa shape index (κ2) is 17.3. The van der Waals surface area contributed by atoms with Crippen molar-refractivity contribution >= 4 is 47.7 Å². The number of benzene rings is 6. The van der Waals surface area contributed by atoms with Crippen LogP contribution in [0.5, 0.6) is 0 Å². The fourth-order valence-electron chi connectivity index (χ4n) is 8.82. The quantitative estimate of drug-likeness (QED) is 0.129. The lowest BCUT2D eigenvalue weighted by Crippen LogP contribution is -2.60. The van der Waals surface area contributed by atoms with Crippen LogP contribution in [0, 0.1) is 55.4 Å². The van der Waals surface area contributed by atoms with Gasteiger partial charge in [-0.15, -0.1) is 0 Å². The van der Waals surface area contributed by atoms with E-state index in [2.05, 4.69) is 182 Å². The monoisotopic (exact) mass is 774 g/mol. The van der Waals surface area contributed by atoms with E-state index in [9.17, 15) is 0 Å². The first kappa shape index (κ1) is 40.3. The van der Waals surface area contributed by atoms with Crippen LogP contribution in [0.1, 0.15) is 81.3 Å². The molecule has 1 fully saturated rings. The zero-order chi connectivity index (χ0) is 39.6. The molecule has 7 rings (SSSR count). The fraction of sp³-hybridized carbons (Fsp3) is 0.308. The highest BCUT2D eigenvalue weighted by Gasteiger charge is 2.38. The van der Waals surface area contributed by atoms with E-state index < -0.39 is 15.8 Å². The molecule has 2 atom stereocenters. The van der Waals surface area contributed by atoms with Crippen LogP contribution >= 0.6 is 15.8 Å². The molecule has 6 aromatic carbocycles. The third-order valence-corrected chi connectivity index (χ3v) is 18.6. The van der Waals surface area contributed by atoms with Crippen molar-refractivity contribution in [1.82, 2.24) is 5.32 Å². The Kier molecular flexibility index (Phi) is 12.5. The summed E-state index contributed by atoms with van der Waals surface area (Å²) in [4.78, 5) is 0. The summed E-state index contributed by atoms with van der Waals surface area (Å²) in [6.07, 6.45) is 5.33. The largest absolute Gasteiger partial charge is 0.323 e. The Hall–Kier alpha value is -3.90. The van der Waals surface area contributed by atoms with Crippen LogP contribution in [0.2, 0.25) is 0 Å². The summed E-state index contributed by atoms with van der Waals surface area (Å²) in [6, 6.07) is 46.1. The molecule has 3 N–H and O–H groups in total. The molecule has 0 radical (unpaired) electrons. The summed E-state index contributed by atoms with van der Waals surface area (Å²) >= 11 is 0. The molecule has 288 valence electrons. The highest BCUT2D eigenvalue weighted by atomic mass is 31.1. The van der Waals surface area contributed by atoms with Gasteiger partial charge in [0.15, 0.2) is 0 Å². The normalized spacial score (nSPS) is 17.2. The Morgan fingerprint density at radius 2 is 0.857 bits per heavy atom. The molecule has 1 aliphatic rings. The van der Waals surface area contributed by atoms with Gasteiger partial charge in [-0.1, -0.05) is 134 Å². The summed E-state index contributed by atoms with van der Waals surface area (Å²) in [5.41, 5.74) is 21.2. The summed E-state index contributed by atoms with van der Waals surface area (Å²) in [6.45, 7) is 19.0. The van der Waals surface area contributed by atoms with E-state index in [1.807, 2.05) is 0 Å². The molecule has 0 saturated heterocycles. The zero-order valence-electron chi connectivity index (χ0n) is 34.8. The lowest BCUT2D eigenvalue weighted by Gasteiger charge is -2.43. The Morgan fingerprint density at radius 3 is 1.30 bits per heavy atom. The van der Waals surface area contributed by atoms with E-state index >= 15 is 0 Å². The van der Waals surface area contributed by atoms with Crippen molar-refractivity contribution in [2.45, 2.75) is 106 Å². The molecule has 0 aromatic heterocycles. The molecule has 6 aromatic rings. The van der Waals surface area contributed by atoms with E-state index in [0.717, 1.165) is 25.8 Å². The molecular formula is C52H60N2P2. The highest BCUT2D eigenvalue weighted by Crippen LogP contribution is 2.41. The van der Waals surface area contributed by atoms with Crippen LogP contribution in [0.3, 0.4) is 0 Å². The maximum Gasteiger partial charge on any atom is 0.0351 e. The van der Waals surface area contributed by atoms with Gasteiger partial charge in [0.1, 0.15) is 0 Å². The Labute approximate surface area is 339 Å². The van der Waals surface area contributed by atoms with Crippen molar-refractivity contribution in [1.29, 1.82) is 0 Å². The van der Waals surface area contributed by atoms with Gasteiger partial charge in [-0.2, -0.15) is 0 Å². The third-order valence-electron chi connectivity index (χ3n) is 12.9. The van der Waals surface area contributed by atoms with Gasteiger partial charge in [-0.05, 0) is 178 Å². The van der Waals surface area contributed by atoms with Crippen molar-refractivity contribution in [2.75, 3.05) is 0 Å². The predicted molar refractivity (Wildman–Crippen MR) is 248 cm³/mol. The number of aryl methyl sites for hydroxylation is 4. The standard InChI is InChI=1S/C52H60N2P2/c1-35-19-15-27-45(39(35)5)55(46-28-16-20-36(2)40(46)6)49-25-11-9-23-43(49)33-52(53)32-14-13-31-51(52)54-34-44-24-10-12-26-50(44)56(47-29-17-21-37(3)41(47)7)48-30-18-22-38(4)42(48)8/h9-12,15-30,51,54H,13-14,31-34,53H2,1-8H3/t51-,52-/m1/s1. The number of nitrogens with one attached hydrogen (secondary N) is 1. The number of nitrogens with two attached hydrogens (primary N) is 1. The molecular weight excluding hydrogens is 715 g/mol. The van der Waals surface area contributed by atoms with Crippen molar-refractivity contribution in [2.24, 2.45) is 5.73 Å². The molecule has 2 nitrogen and oxygen atoms in total. The summed E-state index contributed by atoms with van der Waals surface area (Å²) < 4.78 is 0. The van der Waals surface area contributed by atoms with Crippen LogP contribution < -0.4 is 42.9 Å². The average molecular weight is 775 g/mol. The van der Waals surface area contributed by atoms with Gasteiger partial charge < -0.3 is 11.1 Å². The van der Waals surface area contributed by atoms with E-state index in [0.29, 0.717) is 0 Å². The Balaban J connectivity index is 1.25. The minimum atomic E-state index is -0.789. The zero-order valence-corrected chi connectivity index (χ0v) is 36.6. The SMILES string of the molecule is Cc1cccc(P(c2ccccc2CN[C@@H]2CCCC[C@@]2(N)Cc2ccccc2P(c2cccc(C)c2C)c2cccc(C)c2C)c2cccc(C)c2C)c1C. The van der Waals surface area contributed by atoms with Crippen molar-refractivity contribution in [3.8, 4) is 0 Å². The lowest BCUT2D eigenvalue weighted by molar-refractivity contribution is 0.213. The fourth-order valence-corrected chi connectivity index (χ4v) is 14.7. The van der Waals surface area contributed by atoms with Crippen LogP contribution in [0.15, 0.2) is 121 Å². The second-order valence-corrected chi connectivity index (χ2v) is 20.6. The smallest absolute Gasteiger partial charge is 0.0351 e. The average Bonchev–Trinajstić information content (AvgIpc) is 3.19. The molecule has 1 saturated carbocycles. The van der Waals surface area contributed by atoms with Crippen molar-refractivity contribution in [3.63, 3.8) is 0 Å². The minimum absolute atomic E-state index is 0.206. The molecule has 56 heavy (non-hydrogen) atoms.